The van der Waals surface area contributed by atoms with E-state index in [1.54, 1.807) is 12.1 Å². The van der Waals surface area contributed by atoms with Crippen LogP contribution in [0.1, 0.15) is 25.7 Å². The quantitative estimate of drug-likeness (QED) is 0.914. The Kier molecular flexibility index (Phi) is 4.17. The molecule has 0 saturated heterocycles. The van der Waals surface area contributed by atoms with Crippen LogP contribution in [-0.4, -0.2) is 24.3 Å². The molecule has 0 spiro atoms. The van der Waals surface area contributed by atoms with Crippen molar-refractivity contribution in [1.29, 1.82) is 0 Å². The van der Waals surface area contributed by atoms with E-state index in [4.69, 9.17) is 4.74 Å². The molecule has 0 radical (unpaired) electrons. The van der Waals surface area contributed by atoms with Gasteiger partial charge in [0.05, 0.1) is 24.9 Å². The number of hydrogen-bond acceptors (Lipinski definition) is 3. The molecule has 2 rings (SSSR count). The van der Waals surface area contributed by atoms with Crippen LogP contribution in [0, 0.1) is 5.92 Å². The molecular formula is C13H17F3N2O. The molecule has 0 aliphatic heterocycles. The zero-order valence-corrected chi connectivity index (χ0v) is 10.7. The molecule has 3 nitrogen and oxygen atoms in total. The number of nitrogens with zero attached hydrogens (tertiary/aromatic N) is 1. The number of alkyl halides is 3. The van der Waals surface area contributed by atoms with Gasteiger partial charge in [0.1, 0.15) is 0 Å². The van der Waals surface area contributed by atoms with Crippen molar-refractivity contribution in [3.8, 4) is 5.88 Å². The molecule has 1 saturated carbocycles. The van der Waals surface area contributed by atoms with Gasteiger partial charge in [0.2, 0.25) is 5.88 Å². The fourth-order valence-electron chi connectivity index (χ4n) is 2.50. The highest BCUT2D eigenvalue weighted by molar-refractivity contribution is 5.43. The first-order valence-electron chi connectivity index (χ1n) is 6.34. The van der Waals surface area contributed by atoms with Gasteiger partial charge in [-0.05, 0) is 18.9 Å². The maximum atomic E-state index is 12.9. The Morgan fingerprint density at radius 3 is 2.58 bits per heavy atom. The van der Waals surface area contributed by atoms with Crippen molar-refractivity contribution >= 4 is 5.69 Å². The van der Waals surface area contributed by atoms with Crippen molar-refractivity contribution in [2.75, 3.05) is 12.4 Å². The van der Waals surface area contributed by atoms with Crippen molar-refractivity contribution in [2.24, 2.45) is 5.92 Å². The van der Waals surface area contributed by atoms with Crippen LogP contribution in [0.4, 0.5) is 18.9 Å². The van der Waals surface area contributed by atoms with Crippen molar-refractivity contribution < 1.29 is 17.9 Å². The summed E-state index contributed by atoms with van der Waals surface area (Å²) in [6.45, 7) is 0. The first kappa shape index (κ1) is 14.0. The van der Waals surface area contributed by atoms with E-state index >= 15 is 0 Å². The first-order valence-corrected chi connectivity index (χ1v) is 6.34. The molecular weight excluding hydrogens is 257 g/mol. The topological polar surface area (TPSA) is 34.1 Å². The number of nitrogens with one attached hydrogen (secondary N) is 1. The van der Waals surface area contributed by atoms with Crippen molar-refractivity contribution in [1.82, 2.24) is 4.98 Å². The highest BCUT2D eigenvalue weighted by Gasteiger charge is 2.45. The van der Waals surface area contributed by atoms with Crippen LogP contribution in [0.15, 0.2) is 18.3 Å². The predicted molar refractivity (Wildman–Crippen MR) is 66.2 cm³/mol. The number of aromatic nitrogens is 1. The normalized spacial score (nSPS) is 24.0. The second-order valence-corrected chi connectivity index (χ2v) is 4.77. The molecule has 1 aliphatic rings. The lowest BCUT2D eigenvalue weighted by atomic mass is 9.84. The van der Waals surface area contributed by atoms with Crippen LogP contribution < -0.4 is 10.1 Å². The predicted octanol–water partition coefficient (Wildman–Crippen LogP) is 3.62. The molecule has 0 bridgehead atoms. The fourth-order valence-corrected chi connectivity index (χ4v) is 2.50. The van der Waals surface area contributed by atoms with Gasteiger partial charge in [-0.25, -0.2) is 4.98 Å². The zero-order chi connectivity index (χ0) is 13.9. The van der Waals surface area contributed by atoms with Crippen LogP contribution in [0.25, 0.3) is 0 Å². The van der Waals surface area contributed by atoms with E-state index in [1.807, 2.05) is 0 Å². The molecule has 1 heterocycles. The van der Waals surface area contributed by atoms with Crippen LogP contribution in [0.2, 0.25) is 0 Å². The van der Waals surface area contributed by atoms with E-state index in [1.165, 1.54) is 13.3 Å². The Morgan fingerprint density at radius 1 is 1.26 bits per heavy atom. The molecule has 6 heteroatoms. The van der Waals surface area contributed by atoms with Gasteiger partial charge in [-0.3, -0.25) is 0 Å². The van der Waals surface area contributed by atoms with Gasteiger partial charge in [-0.1, -0.05) is 12.8 Å². The number of pyridine rings is 1. The molecule has 0 aromatic carbocycles. The van der Waals surface area contributed by atoms with Gasteiger partial charge < -0.3 is 10.1 Å². The average molecular weight is 274 g/mol. The van der Waals surface area contributed by atoms with Gasteiger partial charge in [-0.2, -0.15) is 13.2 Å². The maximum absolute atomic E-state index is 12.9. The monoisotopic (exact) mass is 274 g/mol. The Labute approximate surface area is 110 Å². The Bertz CT molecular complexity index is 405. The number of anilines is 1. The van der Waals surface area contributed by atoms with Gasteiger partial charge >= 0.3 is 6.18 Å². The summed E-state index contributed by atoms with van der Waals surface area (Å²) in [5, 5.41) is 2.95. The fraction of sp³-hybridized carbons (Fsp3) is 0.615. The third kappa shape index (κ3) is 3.52. The summed E-state index contributed by atoms with van der Waals surface area (Å²) in [5.41, 5.74) is 0.599. The zero-order valence-electron chi connectivity index (χ0n) is 10.7. The van der Waals surface area contributed by atoms with Crippen LogP contribution in [-0.2, 0) is 0 Å². The van der Waals surface area contributed by atoms with Crippen molar-refractivity contribution in [2.45, 2.75) is 37.9 Å². The Hall–Kier alpha value is -1.46. The molecule has 1 aromatic heterocycles. The van der Waals surface area contributed by atoms with E-state index < -0.39 is 18.1 Å². The molecule has 106 valence electrons. The maximum Gasteiger partial charge on any atom is 0.393 e. The first-order chi connectivity index (χ1) is 9.00. The highest BCUT2D eigenvalue weighted by Crippen LogP contribution is 2.38. The van der Waals surface area contributed by atoms with Crippen LogP contribution in [0.5, 0.6) is 5.88 Å². The summed E-state index contributed by atoms with van der Waals surface area (Å²) in [6.07, 6.45) is -0.434. The molecule has 2 atom stereocenters. The molecule has 1 aromatic rings. The van der Waals surface area contributed by atoms with Gasteiger partial charge in [-0.15, -0.1) is 0 Å². The van der Waals surface area contributed by atoms with Crippen LogP contribution >= 0.6 is 0 Å². The number of ether oxygens (including phenoxy) is 1. The van der Waals surface area contributed by atoms with Crippen molar-refractivity contribution in [3.63, 3.8) is 0 Å². The lowest BCUT2D eigenvalue weighted by molar-refractivity contribution is -0.184. The minimum atomic E-state index is -4.14. The average Bonchev–Trinajstić information content (AvgIpc) is 2.39. The molecule has 1 aliphatic carbocycles. The summed E-state index contributed by atoms with van der Waals surface area (Å²) in [4.78, 5) is 3.98. The molecule has 1 N–H and O–H groups in total. The summed E-state index contributed by atoms with van der Waals surface area (Å²) >= 11 is 0. The second kappa shape index (κ2) is 5.67. The summed E-state index contributed by atoms with van der Waals surface area (Å²) in [6, 6.07) is 2.76. The standard InChI is InChI=1S/C13H17F3N2O/c1-19-12-7-6-9(8-17-12)18-11-5-3-2-4-10(11)13(14,15)16/h6-8,10-11,18H,2-5H2,1H3. The van der Waals surface area contributed by atoms with Gasteiger partial charge in [0.15, 0.2) is 0 Å². The molecule has 2 unspecified atom stereocenters. The van der Waals surface area contributed by atoms with E-state index in [9.17, 15) is 13.2 Å². The summed E-state index contributed by atoms with van der Waals surface area (Å²) < 4.78 is 43.7. The number of halogens is 3. The van der Waals surface area contributed by atoms with Gasteiger partial charge in [0.25, 0.3) is 0 Å². The molecule has 19 heavy (non-hydrogen) atoms. The smallest absolute Gasteiger partial charge is 0.393 e. The lowest BCUT2D eigenvalue weighted by Gasteiger charge is -2.34. The number of methoxy groups -OCH3 is 1. The Morgan fingerprint density at radius 2 is 2.00 bits per heavy atom. The Balaban J connectivity index is 2.06. The summed E-state index contributed by atoms with van der Waals surface area (Å²) in [7, 11) is 1.50. The van der Waals surface area contributed by atoms with Crippen LogP contribution in [0.3, 0.4) is 0 Å². The number of hydrogen-bond donors (Lipinski definition) is 1. The van der Waals surface area contributed by atoms with E-state index in [0.717, 1.165) is 6.42 Å². The third-order valence-electron chi connectivity index (χ3n) is 3.48. The van der Waals surface area contributed by atoms with Crippen molar-refractivity contribution in [3.05, 3.63) is 18.3 Å². The third-order valence-corrected chi connectivity index (χ3v) is 3.48. The van der Waals surface area contributed by atoms with E-state index in [-0.39, 0.29) is 6.42 Å². The summed E-state index contributed by atoms with van der Waals surface area (Å²) in [5.74, 6) is -0.829. The molecule has 1 fully saturated rings. The SMILES string of the molecule is COc1ccc(NC2CCCCC2C(F)(F)F)cn1. The highest BCUT2D eigenvalue weighted by atomic mass is 19.4. The minimum absolute atomic E-state index is 0.199. The van der Waals surface area contributed by atoms with Gasteiger partial charge in [0, 0.05) is 12.1 Å². The largest absolute Gasteiger partial charge is 0.481 e. The van der Waals surface area contributed by atoms with E-state index in [0.29, 0.717) is 24.4 Å². The lowest BCUT2D eigenvalue weighted by Crippen LogP contribution is -2.41. The number of rotatable bonds is 3. The van der Waals surface area contributed by atoms with E-state index in [2.05, 4.69) is 10.3 Å². The second-order valence-electron chi connectivity index (χ2n) is 4.77. The molecule has 0 amide bonds. The minimum Gasteiger partial charge on any atom is -0.481 e.